The van der Waals surface area contributed by atoms with E-state index in [0.29, 0.717) is 22.8 Å². The highest BCUT2D eigenvalue weighted by molar-refractivity contribution is 7.08. The topological polar surface area (TPSA) is 68.0 Å². The first-order valence-electron chi connectivity index (χ1n) is 8.79. The second kappa shape index (κ2) is 6.65. The zero-order valence-electron chi connectivity index (χ0n) is 13.7. The van der Waals surface area contributed by atoms with Gasteiger partial charge in [-0.15, -0.1) is 0 Å². The normalized spacial score (nSPS) is 29.2. The van der Waals surface area contributed by atoms with Crippen molar-refractivity contribution in [2.75, 3.05) is 0 Å². The first kappa shape index (κ1) is 15.8. The van der Waals surface area contributed by atoms with Crippen LogP contribution in [0.2, 0.25) is 0 Å². The molecule has 2 unspecified atom stereocenters. The van der Waals surface area contributed by atoms with Crippen LogP contribution in [0.3, 0.4) is 0 Å². The Morgan fingerprint density at radius 1 is 1.17 bits per heavy atom. The van der Waals surface area contributed by atoms with Crippen LogP contribution in [-0.2, 0) is 0 Å². The fourth-order valence-corrected chi connectivity index (χ4v) is 5.04. The number of nitrogens with two attached hydrogens (primary N) is 1. The summed E-state index contributed by atoms with van der Waals surface area (Å²) in [5.74, 6) is 1.10. The number of hydrogen-bond acceptors (Lipinski definition) is 4. The molecule has 5 heteroatoms. The van der Waals surface area contributed by atoms with Crippen LogP contribution in [0.25, 0.3) is 11.3 Å². The minimum atomic E-state index is 0.0204. The lowest BCUT2D eigenvalue weighted by molar-refractivity contribution is 0.0759. The molecule has 1 aromatic carbocycles. The van der Waals surface area contributed by atoms with Crippen molar-refractivity contribution in [3.8, 4) is 11.3 Å². The SMILES string of the molecule is NC1CC2CCCC(C1)C2NC(=O)c1cc(-c2ccccc2)ns1. The van der Waals surface area contributed by atoms with Gasteiger partial charge < -0.3 is 11.1 Å². The Bertz CT molecular complexity index is 700. The Hall–Kier alpha value is -1.72. The van der Waals surface area contributed by atoms with Crippen molar-refractivity contribution in [3.05, 3.63) is 41.3 Å². The molecule has 2 atom stereocenters. The molecule has 126 valence electrons. The summed E-state index contributed by atoms with van der Waals surface area (Å²) < 4.78 is 4.45. The number of carbonyl (C=O) groups is 1. The molecular weight excluding hydrogens is 318 g/mol. The fraction of sp³-hybridized carbons (Fsp3) is 0.474. The van der Waals surface area contributed by atoms with Gasteiger partial charge in [0.2, 0.25) is 0 Å². The zero-order valence-corrected chi connectivity index (χ0v) is 14.5. The quantitative estimate of drug-likeness (QED) is 0.898. The average molecular weight is 341 g/mol. The van der Waals surface area contributed by atoms with Crippen molar-refractivity contribution in [2.24, 2.45) is 17.6 Å². The van der Waals surface area contributed by atoms with Crippen LogP contribution in [-0.4, -0.2) is 22.4 Å². The van der Waals surface area contributed by atoms with Gasteiger partial charge in [0.25, 0.3) is 5.91 Å². The lowest BCUT2D eigenvalue weighted by atomic mass is 9.67. The molecule has 1 amide bonds. The number of rotatable bonds is 3. The number of benzene rings is 1. The molecule has 24 heavy (non-hydrogen) atoms. The molecule has 0 saturated heterocycles. The maximum absolute atomic E-state index is 12.7. The summed E-state index contributed by atoms with van der Waals surface area (Å²) in [4.78, 5) is 13.4. The van der Waals surface area contributed by atoms with Gasteiger partial charge >= 0.3 is 0 Å². The summed E-state index contributed by atoms with van der Waals surface area (Å²) in [5, 5.41) is 3.30. The van der Waals surface area contributed by atoms with E-state index in [1.165, 1.54) is 30.8 Å². The first-order chi connectivity index (χ1) is 11.7. The second-order valence-corrected chi connectivity index (χ2v) is 7.93. The van der Waals surface area contributed by atoms with Gasteiger partial charge in [-0.2, -0.15) is 4.37 Å². The molecule has 0 aliphatic heterocycles. The Morgan fingerprint density at radius 3 is 2.58 bits per heavy atom. The monoisotopic (exact) mass is 341 g/mol. The maximum atomic E-state index is 12.7. The lowest BCUT2D eigenvalue weighted by Gasteiger charge is -2.45. The summed E-state index contributed by atoms with van der Waals surface area (Å²) in [7, 11) is 0. The molecule has 0 spiro atoms. The van der Waals surface area contributed by atoms with Gasteiger partial charge in [-0.05, 0) is 55.1 Å². The van der Waals surface area contributed by atoms with Crippen LogP contribution < -0.4 is 11.1 Å². The largest absolute Gasteiger partial charge is 0.348 e. The molecule has 2 bridgehead atoms. The fourth-order valence-electron chi connectivity index (χ4n) is 4.37. The lowest BCUT2D eigenvalue weighted by Crippen LogP contribution is -2.53. The third kappa shape index (κ3) is 3.10. The number of hydrogen-bond donors (Lipinski definition) is 2. The van der Waals surface area contributed by atoms with Gasteiger partial charge in [-0.1, -0.05) is 36.8 Å². The molecule has 1 heterocycles. The van der Waals surface area contributed by atoms with E-state index in [1.807, 2.05) is 36.4 Å². The molecule has 2 aliphatic carbocycles. The van der Waals surface area contributed by atoms with Crippen molar-refractivity contribution >= 4 is 17.4 Å². The van der Waals surface area contributed by atoms with Crippen LogP contribution in [0.15, 0.2) is 36.4 Å². The minimum Gasteiger partial charge on any atom is -0.348 e. The van der Waals surface area contributed by atoms with Crippen molar-refractivity contribution in [2.45, 2.75) is 44.2 Å². The molecule has 1 aromatic heterocycles. The van der Waals surface area contributed by atoms with E-state index in [0.717, 1.165) is 24.1 Å². The van der Waals surface area contributed by atoms with Gasteiger partial charge in [-0.3, -0.25) is 4.79 Å². The Kier molecular flexibility index (Phi) is 4.37. The zero-order chi connectivity index (χ0) is 16.5. The molecule has 2 saturated carbocycles. The summed E-state index contributed by atoms with van der Waals surface area (Å²) >= 11 is 1.28. The summed E-state index contributed by atoms with van der Waals surface area (Å²) in [6.07, 6.45) is 5.73. The first-order valence-corrected chi connectivity index (χ1v) is 9.56. The van der Waals surface area contributed by atoms with E-state index >= 15 is 0 Å². The van der Waals surface area contributed by atoms with E-state index < -0.39 is 0 Å². The second-order valence-electron chi connectivity index (χ2n) is 7.12. The van der Waals surface area contributed by atoms with Crippen LogP contribution >= 0.6 is 11.5 Å². The molecule has 3 N–H and O–H groups in total. The number of carbonyl (C=O) groups excluding carboxylic acids is 1. The third-order valence-electron chi connectivity index (χ3n) is 5.48. The number of aromatic nitrogens is 1. The van der Waals surface area contributed by atoms with Crippen molar-refractivity contribution in [1.82, 2.24) is 9.69 Å². The van der Waals surface area contributed by atoms with Crippen LogP contribution in [0.4, 0.5) is 0 Å². The van der Waals surface area contributed by atoms with Crippen molar-refractivity contribution < 1.29 is 4.79 Å². The highest BCUT2D eigenvalue weighted by atomic mass is 32.1. The molecule has 2 aliphatic rings. The van der Waals surface area contributed by atoms with Gasteiger partial charge in [-0.25, -0.2) is 0 Å². The Labute approximate surface area is 146 Å². The van der Waals surface area contributed by atoms with E-state index in [1.54, 1.807) is 0 Å². The summed E-state index contributed by atoms with van der Waals surface area (Å²) in [5.41, 5.74) is 8.10. The van der Waals surface area contributed by atoms with E-state index in [2.05, 4.69) is 9.69 Å². The average Bonchev–Trinajstić information content (AvgIpc) is 3.07. The van der Waals surface area contributed by atoms with E-state index in [4.69, 9.17) is 5.73 Å². The van der Waals surface area contributed by atoms with Gasteiger partial charge in [0.15, 0.2) is 0 Å². The van der Waals surface area contributed by atoms with Crippen molar-refractivity contribution in [1.29, 1.82) is 0 Å². The van der Waals surface area contributed by atoms with E-state index in [-0.39, 0.29) is 11.9 Å². The number of fused-ring (bicyclic) bond motifs is 2. The van der Waals surface area contributed by atoms with Crippen LogP contribution in [0, 0.1) is 11.8 Å². The van der Waals surface area contributed by atoms with Gasteiger partial charge in [0, 0.05) is 17.6 Å². The third-order valence-corrected chi connectivity index (χ3v) is 6.27. The molecular formula is C19H23N3OS. The summed E-state index contributed by atoms with van der Waals surface area (Å²) in [6.45, 7) is 0. The highest BCUT2D eigenvalue weighted by Gasteiger charge is 2.40. The van der Waals surface area contributed by atoms with E-state index in [9.17, 15) is 4.79 Å². The molecule has 4 nitrogen and oxygen atoms in total. The smallest absolute Gasteiger partial charge is 0.263 e. The Balaban J connectivity index is 1.48. The predicted molar refractivity (Wildman–Crippen MR) is 96.8 cm³/mol. The number of nitrogens with one attached hydrogen (secondary N) is 1. The summed E-state index contributed by atoms with van der Waals surface area (Å²) in [6, 6.07) is 12.5. The highest BCUT2D eigenvalue weighted by Crippen LogP contribution is 2.39. The standard InChI is InChI=1S/C19H23N3OS/c20-15-9-13-7-4-8-14(10-15)18(13)21-19(23)17-11-16(22-24-17)12-5-2-1-3-6-12/h1-3,5-6,11,13-15,18H,4,7-10,20H2,(H,21,23). The minimum absolute atomic E-state index is 0.0204. The molecule has 4 rings (SSSR count). The van der Waals surface area contributed by atoms with Gasteiger partial charge in [0.1, 0.15) is 4.88 Å². The predicted octanol–water partition coefficient (Wildman–Crippen LogP) is 3.45. The maximum Gasteiger partial charge on any atom is 0.263 e. The number of amides is 1. The van der Waals surface area contributed by atoms with Crippen LogP contribution in [0.5, 0.6) is 0 Å². The molecule has 2 aromatic rings. The van der Waals surface area contributed by atoms with Crippen LogP contribution in [0.1, 0.15) is 41.8 Å². The Morgan fingerprint density at radius 2 is 1.88 bits per heavy atom. The van der Waals surface area contributed by atoms with Gasteiger partial charge in [0.05, 0.1) is 5.69 Å². The number of nitrogens with zero attached hydrogens (tertiary/aromatic N) is 1. The molecule has 0 radical (unpaired) electrons. The molecule has 2 fully saturated rings. The van der Waals surface area contributed by atoms with Crippen molar-refractivity contribution in [3.63, 3.8) is 0 Å².